The molecule has 0 fully saturated rings. The summed E-state index contributed by atoms with van der Waals surface area (Å²) in [6.45, 7) is 5.78. The van der Waals surface area contributed by atoms with Gasteiger partial charge >= 0.3 is 5.97 Å². The molecule has 0 bridgehead atoms. The van der Waals surface area contributed by atoms with Gasteiger partial charge in [0.1, 0.15) is 11.9 Å². The number of carbonyl (C=O) groups excluding carboxylic acids is 1. The average molecular weight is 318 g/mol. The smallest absolute Gasteiger partial charge is 0.322 e. The highest BCUT2D eigenvalue weighted by atomic mass is 79.9. The topological polar surface area (TPSA) is 38.3 Å². The Balaban J connectivity index is 2.70. The van der Waals surface area contributed by atoms with Crippen LogP contribution in [0.3, 0.4) is 0 Å². The maximum Gasteiger partial charge on any atom is 0.322 e. The van der Waals surface area contributed by atoms with Gasteiger partial charge in [0.15, 0.2) is 0 Å². The van der Waals surface area contributed by atoms with E-state index in [1.807, 2.05) is 6.92 Å². The SMILES string of the molecule is CCOC(=O)C(C)NC(C)c1ccc(F)cc1Br. The standard InChI is InChI=1S/C13H17BrFNO2/c1-4-18-13(17)9(3)16-8(2)11-6-5-10(15)7-12(11)14/h5-9,16H,4H2,1-3H3. The van der Waals surface area contributed by atoms with Crippen LogP contribution in [0.25, 0.3) is 0 Å². The van der Waals surface area contributed by atoms with Gasteiger partial charge in [0.2, 0.25) is 0 Å². The lowest BCUT2D eigenvalue weighted by atomic mass is 10.1. The van der Waals surface area contributed by atoms with Crippen molar-refractivity contribution in [3.63, 3.8) is 0 Å². The lowest BCUT2D eigenvalue weighted by Gasteiger charge is -2.20. The minimum Gasteiger partial charge on any atom is -0.465 e. The summed E-state index contributed by atoms with van der Waals surface area (Å²) in [5.74, 6) is -0.584. The zero-order valence-corrected chi connectivity index (χ0v) is 12.3. The molecular weight excluding hydrogens is 301 g/mol. The Labute approximate surface area is 115 Å². The van der Waals surface area contributed by atoms with Crippen LogP contribution in [0.2, 0.25) is 0 Å². The fourth-order valence-corrected chi connectivity index (χ4v) is 2.35. The second-order valence-corrected chi connectivity index (χ2v) is 4.88. The van der Waals surface area contributed by atoms with Gasteiger partial charge in [0, 0.05) is 10.5 Å². The molecule has 1 rings (SSSR count). The summed E-state index contributed by atoms with van der Waals surface area (Å²) in [7, 11) is 0. The Hall–Kier alpha value is -0.940. The number of rotatable bonds is 5. The number of hydrogen-bond acceptors (Lipinski definition) is 3. The van der Waals surface area contributed by atoms with Gasteiger partial charge in [-0.1, -0.05) is 22.0 Å². The number of halogens is 2. The highest BCUT2D eigenvalue weighted by Gasteiger charge is 2.18. The summed E-state index contributed by atoms with van der Waals surface area (Å²) in [5, 5.41) is 3.11. The maximum atomic E-state index is 13.0. The first-order chi connectivity index (χ1) is 8.45. The Morgan fingerprint density at radius 3 is 2.72 bits per heavy atom. The van der Waals surface area contributed by atoms with Crippen molar-refractivity contribution >= 4 is 21.9 Å². The first-order valence-electron chi connectivity index (χ1n) is 5.83. The fraction of sp³-hybridized carbons (Fsp3) is 0.462. The van der Waals surface area contributed by atoms with Crippen LogP contribution in [-0.4, -0.2) is 18.6 Å². The van der Waals surface area contributed by atoms with Crippen molar-refractivity contribution < 1.29 is 13.9 Å². The molecular formula is C13H17BrFNO2. The van der Waals surface area contributed by atoms with Gasteiger partial charge in [-0.2, -0.15) is 0 Å². The van der Waals surface area contributed by atoms with E-state index in [1.165, 1.54) is 12.1 Å². The molecule has 1 N–H and O–H groups in total. The first kappa shape index (κ1) is 15.1. The summed E-state index contributed by atoms with van der Waals surface area (Å²) in [5.41, 5.74) is 0.896. The number of nitrogens with one attached hydrogen (secondary N) is 1. The summed E-state index contributed by atoms with van der Waals surface area (Å²) in [6.07, 6.45) is 0. The number of ether oxygens (including phenoxy) is 1. The van der Waals surface area contributed by atoms with Crippen molar-refractivity contribution in [2.75, 3.05) is 6.61 Å². The van der Waals surface area contributed by atoms with Crippen LogP contribution in [0.1, 0.15) is 32.4 Å². The third-order valence-electron chi connectivity index (χ3n) is 2.57. The van der Waals surface area contributed by atoms with E-state index in [2.05, 4.69) is 21.2 Å². The number of hydrogen-bond donors (Lipinski definition) is 1. The summed E-state index contributed by atoms with van der Waals surface area (Å²) in [4.78, 5) is 11.5. The summed E-state index contributed by atoms with van der Waals surface area (Å²) in [6, 6.07) is 4.00. The zero-order chi connectivity index (χ0) is 13.7. The number of carbonyl (C=O) groups is 1. The average Bonchev–Trinajstić information content (AvgIpc) is 2.28. The molecule has 0 radical (unpaired) electrons. The molecule has 0 spiro atoms. The summed E-state index contributed by atoms with van der Waals surface area (Å²) < 4.78 is 18.6. The van der Waals surface area contributed by atoms with Crippen LogP contribution in [0, 0.1) is 5.82 Å². The molecule has 0 saturated carbocycles. The highest BCUT2D eigenvalue weighted by molar-refractivity contribution is 9.10. The van der Waals surface area contributed by atoms with E-state index in [-0.39, 0.29) is 17.8 Å². The molecule has 1 aromatic rings. The molecule has 2 unspecified atom stereocenters. The van der Waals surface area contributed by atoms with Crippen molar-refractivity contribution in [3.8, 4) is 0 Å². The first-order valence-corrected chi connectivity index (χ1v) is 6.62. The second kappa shape index (κ2) is 6.85. The molecule has 0 aliphatic carbocycles. The van der Waals surface area contributed by atoms with E-state index in [9.17, 15) is 9.18 Å². The van der Waals surface area contributed by atoms with Crippen molar-refractivity contribution in [2.45, 2.75) is 32.9 Å². The van der Waals surface area contributed by atoms with E-state index in [0.29, 0.717) is 11.1 Å². The van der Waals surface area contributed by atoms with Gasteiger partial charge in [-0.3, -0.25) is 10.1 Å². The lowest BCUT2D eigenvalue weighted by molar-refractivity contribution is -0.145. The van der Waals surface area contributed by atoms with Crippen molar-refractivity contribution in [2.24, 2.45) is 0 Å². The fourth-order valence-electron chi connectivity index (χ4n) is 1.65. The Morgan fingerprint density at radius 1 is 1.50 bits per heavy atom. The molecule has 0 aliphatic heterocycles. The molecule has 3 nitrogen and oxygen atoms in total. The highest BCUT2D eigenvalue weighted by Crippen LogP contribution is 2.24. The predicted octanol–water partition coefficient (Wildman–Crippen LogP) is 3.19. The molecule has 0 aliphatic rings. The predicted molar refractivity (Wildman–Crippen MR) is 71.7 cm³/mol. The monoisotopic (exact) mass is 317 g/mol. The minimum absolute atomic E-state index is 0.0839. The van der Waals surface area contributed by atoms with Crippen LogP contribution in [0.15, 0.2) is 22.7 Å². The van der Waals surface area contributed by atoms with Crippen LogP contribution in [0.5, 0.6) is 0 Å². The maximum absolute atomic E-state index is 13.0. The Bertz CT molecular complexity index is 425. The van der Waals surface area contributed by atoms with Gasteiger partial charge < -0.3 is 4.74 Å². The largest absolute Gasteiger partial charge is 0.465 e. The molecule has 1 aromatic carbocycles. The Kier molecular flexibility index (Phi) is 5.75. The Morgan fingerprint density at radius 2 is 2.17 bits per heavy atom. The molecule has 0 heterocycles. The van der Waals surface area contributed by atoms with Crippen molar-refractivity contribution in [3.05, 3.63) is 34.1 Å². The zero-order valence-electron chi connectivity index (χ0n) is 10.7. The summed E-state index contributed by atoms with van der Waals surface area (Å²) >= 11 is 3.31. The normalized spacial score (nSPS) is 14.1. The van der Waals surface area contributed by atoms with Crippen molar-refractivity contribution in [1.82, 2.24) is 5.32 Å². The van der Waals surface area contributed by atoms with E-state index < -0.39 is 6.04 Å². The van der Waals surface area contributed by atoms with Gasteiger partial charge in [-0.15, -0.1) is 0 Å². The van der Waals surface area contributed by atoms with Gasteiger partial charge in [-0.25, -0.2) is 4.39 Å². The van der Waals surface area contributed by atoms with Gasteiger partial charge in [0.25, 0.3) is 0 Å². The molecule has 0 aromatic heterocycles. The quantitative estimate of drug-likeness (QED) is 0.848. The van der Waals surface area contributed by atoms with Crippen molar-refractivity contribution in [1.29, 1.82) is 0 Å². The van der Waals surface area contributed by atoms with Crippen LogP contribution >= 0.6 is 15.9 Å². The third kappa shape index (κ3) is 4.07. The molecule has 18 heavy (non-hydrogen) atoms. The molecule has 0 saturated heterocycles. The molecule has 2 atom stereocenters. The minimum atomic E-state index is -0.406. The van der Waals surface area contributed by atoms with Crippen LogP contribution in [0.4, 0.5) is 4.39 Å². The van der Waals surface area contributed by atoms with E-state index in [1.54, 1.807) is 19.9 Å². The molecule has 5 heteroatoms. The molecule has 100 valence electrons. The van der Waals surface area contributed by atoms with E-state index in [0.717, 1.165) is 5.56 Å². The molecule has 0 amide bonds. The lowest BCUT2D eigenvalue weighted by Crippen LogP contribution is -2.37. The van der Waals surface area contributed by atoms with Crippen LogP contribution < -0.4 is 5.32 Å². The van der Waals surface area contributed by atoms with E-state index in [4.69, 9.17) is 4.74 Å². The third-order valence-corrected chi connectivity index (χ3v) is 3.26. The van der Waals surface area contributed by atoms with Gasteiger partial charge in [0.05, 0.1) is 6.61 Å². The van der Waals surface area contributed by atoms with Crippen LogP contribution in [-0.2, 0) is 9.53 Å². The van der Waals surface area contributed by atoms with Gasteiger partial charge in [-0.05, 0) is 38.5 Å². The van der Waals surface area contributed by atoms with E-state index >= 15 is 0 Å². The number of esters is 1. The number of benzene rings is 1. The second-order valence-electron chi connectivity index (χ2n) is 4.03.